The maximum Gasteiger partial charge on any atom is 0.294 e. The van der Waals surface area contributed by atoms with Crippen molar-refractivity contribution in [3.63, 3.8) is 0 Å². The number of hydrogen-bond donors (Lipinski definition) is 1. The van der Waals surface area contributed by atoms with E-state index in [-0.39, 0.29) is 22.8 Å². The number of fused-ring (bicyclic) bond motifs is 6. The van der Waals surface area contributed by atoms with Crippen LogP contribution in [0.15, 0.2) is 95.9 Å². The van der Waals surface area contributed by atoms with Crippen molar-refractivity contribution in [3.05, 3.63) is 145 Å². The van der Waals surface area contributed by atoms with Gasteiger partial charge in [-0.1, -0.05) is 89.6 Å². The first-order valence-electron chi connectivity index (χ1n) is 17.9. The normalized spacial score (nSPS) is 13.6. The van der Waals surface area contributed by atoms with Crippen molar-refractivity contribution in [1.29, 1.82) is 0 Å². The maximum absolute atomic E-state index is 15.9. The van der Waals surface area contributed by atoms with Crippen molar-refractivity contribution in [2.24, 2.45) is 0 Å². The Kier molecular flexibility index (Phi) is 10.7. The zero-order chi connectivity index (χ0) is 39.3. The zero-order valence-electron chi connectivity index (χ0n) is 29.5. The van der Waals surface area contributed by atoms with E-state index >= 15 is 8.78 Å². The van der Waals surface area contributed by atoms with Crippen LogP contribution < -0.4 is 0 Å². The summed E-state index contributed by atoms with van der Waals surface area (Å²) in [5.74, 6) is -0.891. The summed E-state index contributed by atoms with van der Waals surface area (Å²) in [6, 6.07) is 22.3. The van der Waals surface area contributed by atoms with Crippen LogP contribution in [0.25, 0.3) is 45.5 Å². The minimum Gasteiger partial charge on any atom is -0.282 e. The quantitative estimate of drug-likeness (QED) is 0.0976. The maximum atomic E-state index is 15.9. The largest absolute Gasteiger partial charge is 0.294 e. The minimum absolute atomic E-state index is 0.131. The second kappa shape index (κ2) is 15.6. The smallest absolute Gasteiger partial charge is 0.282 e. The molecule has 14 heteroatoms. The predicted octanol–water partition coefficient (Wildman–Crippen LogP) is 12.7. The Morgan fingerprint density at radius 3 is 1.68 bits per heavy atom. The highest BCUT2D eigenvalue weighted by atomic mass is 35.5. The fraction of sp³-hybridized carbons (Fsp3) is 0.190. The summed E-state index contributed by atoms with van der Waals surface area (Å²) in [5, 5.41) is 11.0. The molecule has 0 saturated heterocycles. The Morgan fingerprint density at radius 1 is 0.661 bits per heavy atom. The van der Waals surface area contributed by atoms with Crippen molar-refractivity contribution in [2.75, 3.05) is 0 Å². The molecule has 0 saturated carbocycles. The third-order valence-electron chi connectivity index (χ3n) is 10.1. The van der Waals surface area contributed by atoms with Gasteiger partial charge in [0, 0.05) is 45.1 Å². The van der Waals surface area contributed by atoms with Crippen LogP contribution in [-0.4, -0.2) is 32.5 Å². The molecule has 2 heterocycles. The number of aromatic nitrogens is 4. The fourth-order valence-electron chi connectivity index (χ4n) is 7.51. The molecule has 0 spiro atoms. The van der Waals surface area contributed by atoms with E-state index in [1.54, 1.807) is 57.9 Å². The molecule has 56 heavy (non-hydrogen) atoms. The van der Waals surface area contributed by atoms with E-state index < -0.39 is 15.9 Å². The van der Waals surface area contributed by atoms with Crippen LogP contribution in [0, 0.1) is 0 Å². The number of hydrogen-bond acceptors (Lipinski definition) is 4. The summed E-state index contributed by atoms with van der Waals surface area (Å²) in [6.45, 7) is 0. The Balaban J connectivity index is 0.931. The van der Waals surface area contributed by atoms with Crippen LogP contribution in [0.3, 0.4) is 0 Å². The van der Waals surface area contributed by atoms with Crippen molar-refractivity contribution in [2.45, 2.75) is 56.3 Å². The van der Waals surface area contributed by atoms with E-state index in [4.69, 9.17) is 51.5 Å². The number of benzene rings is 4. The SMILES string of the molecule is O=S(=O)(O)c1ccc2c(c1)Cc1c(/C(F)=C/CCCCCC/C=C(\F)c3nn(-c4ccc(Cl)cc4Cl)c4c3Cc3ccccc3-4)nn(-c3ccc(Cl)cc3Cl)c1-2. The Morgan fingerprint density at radius 2 is 1.16 bits per heavy atom. The van der Waals surface area contributed by atoms with Crippen molar-refractivity contribution in [3.8, 4) is 33.9 Å². The molecule has 0 bridgehead atoms. The van der Waals surface area contributed by atoms with E-state index in [2.05, 4.69) is 5.10 Å². The fourth-order valence-corrected chi connectivity index (χ4v) is 9.02. The third kappa shape index (κ3) is 7.35. The van der Waals surface area contributed by atoms with Crippen LogP contribution in [0.1, 0.15) is 72.2 Å². The highest BCUT2D eigenvalue weighted by Crippen LogP contribution is 2.45. The van der Waals surface area contributed by atoms with Crippen LogP contribution in [0.2, 0.25) is 20.1 Å². The van der Waals surface area contributed by atoms with Gasteiger partial charge in [0.15, 0.2) is 0 Å². The lowest BCUT2D eigenvalue weighted by molar-refractivity contribution is 0.483. The molecule has 4 aromatic carbocycles. The standard InChI is InChI=1S/C42H32Cl4F2N4O3S/c43-26-13-17-37(33(45)22-26)51-41-29-10-8-7-9-24(29)20-31(41)39(49-51)35(47)11-5-3-1-2-4-6-12-36(48)40-32-21-25-19-28(56(53,54)55)15-16-30(25)42(32)52(50-40)38-18-14-27(44)23-34(38)46/h7-19,22-23H,1-6,20-21H2,(H,53,54,55)/b35-11-,36-12-. The molecule has 286 valence electrons. The van der Waals surface area contributed by atoms with Gasteiger partial charge in [-0.3, -0.25) is 4.55 Å². The summed E-state index contributed by atoms with van der Waals surface area (Å²) >= 11 is 25.4. The molecule has 0 atom stereocenters. The van der Waals surface area contributed by atoms with Gasteiger partial charge < -0.3 is 0 Å². The molecular weight excluding hydrogens is 820 g/mol. The van der Waals surface area contributed by atoms with Gasteiger partial charge in [0.05, 0.1) is 37.7 Å². The van der Waals surface area contributed by atoms with Crippen LogP contribution >= 0.6 is 46.4 Å². The highest BCUT2D eigenvalue weighted by molar-refractivity contribution is 7.85. The number of nitrogens with zero attached hydrogens (tertiary/aromatic N) is 4. The van der Waals surface area contributed by atoms with Crippen molar-refractivity contribution < 1.29 is 21.8 Å². The number of rotatable bonds is 12. The van der Waals surface area contributed by atoms with Crippen LogP contribution in [0.4, 0.5) is 8.78 Å². The molecule has 1 N–H and O–H groups in total. The van der Waals surface area contributed by atoms with Gasteiger partial charge in [-0.15, -0.1) is 0 Å². The molecule has 0 fully saturated rings. The van der Waals surface area contributed by atoms with Gasteiger partial charge in [0.1, 0.15) is 23.0 Å². The lowest BCUT2D eigenvalue weighted by Gasteiger charge is -2.10. The first-order valence-corrected chi connectivity index (χ1v) is 20.9. The first-order chi connectivity index (χ1) is 26.9. The van der Waals surface area contributed by atoms with Gasteiger partial charge in [0.2, 0.25) is 0 Å². The second-order valence-electron chi connectivity index (χ2n) is 13.8. The molecule has 7 nitrogen and oxygen atoms in total. The van der Waals surface area contributed by atoms with Crippen LogP contribution in [0.5, 0.6) is 0 Å². The third-order valence-corrected chi connectivity index (χ3v) is 12.1. The van der Waals surface area contributed by atoms with Crippen LogP contribution in [-0.2, 0) is 23.0 Å². The number of halogens is 6. The molecule has 0 amide bonds. The Hall–Kier alpha value is -4.29. The van der Waals surface area contributed by atoms with Crippen molar-refractivity contribution in [1.82, 2.24) is 19.6 Å². The molecular formula is C42H32Cl4F2N4O3S. The molecule has 2 aromatic heterocycles. The highest BCUT2D eigenvalue weighted by Gasteiger charge is 2.32. The summed E-state index contributed by atoms with van der Waals surface area (Å²) in [4.78, 5) is -0.244. The Bertz CT molecular complexity index is 2720. The second-order valence-corrected chi connectivity index (χ2v) is 16.9. The van der Waals surface area contributed by atoms with Gasteiger partial charge >= 0.3 is 0 Å². The number of allylic oxidation sites excluding steroid dienone is 2. The molecule has 0 aliphatic heterocycles. The monoisotopic (exact) mass is 850 g/mol. The van der Waals surface area contributed by atoms with Gasteiger partial charge in [-0.2, -0.15) is 18.6 Å². The Labute approximate surface area is 342 Å². The van der Waals surface area contributed by atoms with Crippen molar-refractivity contribution >= 4 is 68.2 Å². The molecule has 6 aromatic rings. The summed E-state index contributed by atoms with van der Waals surface area (Å²) < 4.78 is 68.3. The first kappa shape index (κ1) is 38.6. The number of unbranched alkanes of at least 4 members (excludes halogenated alkanes) is 5. The topological polar surface area (TPSA) is 90.0 Å². The average molecular weight is 853 g/mol. The zero-order valence-corrected chi connectivity index (χ0v) is 33.4. The molecule has 0 unspecified atom stereocenters. The molecule has 2 aliphatic rings. The van der Waals surface area contributed by atoms with E-state index in [9.17, 15) is 13.0 Å². The van der Waals surface area contributed by atoms with E-state index in [0.717, 1.165) is 41.6 Å². The van der Waals surface area contributed by atoms with Gasteiger partial charge in [0.25, 0.3) is 10.1 Å². The summed E-state index contributed by atoms with van der Waals surface area (Å²) in [7, 11) is -4.44. The van der Waals surface area contributed by atoms with E-state index in [1.807, 2.05) is 24.3 Å². The predicted molar refractivity (Wildman–Crippen MR) is 219 cm³/mol. The lowest BCUT2D eigenvalue weighted by atomic mass is 10.1. The molecule has 8 rings (SSSR count). The van der Waals surface area contributed by atoms with E-state index in [1.165, 1.54) is 18.2 Å². The molecule has 0 radical (unpaired) electrons. The lowest BCUT2D eigenvalue weighted by Crippen LogP contribution is -2.02. The van der Waals surface area contributed by atoms with Gasteiger partial charge in [-0.25, -0.2) is 18.1 Å². The summed E-state index contributed by atoms with van der Waals surface area (Å²) in [6.07, 6.45) is 7.93. The minimum atomic E-state index is -4.44. The van der Waals surface area contributed by atoms with Gasteiger partial charge in [-0.05, 0) is 97.5 Å². The average Bonchev–Trinajstić information content (AvgIpc) is 3.91. The van der Waals surface area contributed by atoms with E-state index in [0.29, 0.717) is 85.2 Å². The summed E-state index contributed by atoms with van der Waals surface area (Å²) in [5.41, 5.74) is 7.70. The molecule has 2 aliphatic carbocycles.